The highest BCUT2D eigenvalue weighted by Gasteiger charge is 2.28. The van der Waals surface area contributed by atoms with Crippen LogP contribution in [0.25, 0.3) is 0 Å². The van der Waals surface area contributed by atoms with E-state index >= 15 is 0 Å². The van der Waals surface area contributed by atoms with Gasteiger partial charge in [-0.25, -0.2) is 0 Å². The van der Waals surface area contributed by atoms with Crippen molar-refractivity contribution in [3.63, 3.8) is 0 Å². The topological polar surface area (TPSA) is 50.5 Å². The lowest BCUT2D eigenvalue weighted by Crippen LogP contribution is -2.44. The zero-order chi connectivity index (χ0) is 11.5. The summed E-state index contributed by atoms with van der Waals surface area (Å²) in [6, 6.07) is 1.83. The van der Waals surface area contributed by atoms with Crippen molar-refractivity contribution in [2.24, 2.45) is 7.05 Å². The second kappa shape index (κ2) is 4.95. The Balaban J connectivity index is 2.01. The molecule has 1 fully saturated rings. The summed E-state index contributed by atoms with van der Waals surface area (Å²) in [5, 5.41) is 14.3. The van der Waals surface area contributed by atoms with Gasteiger partial charge in [0.15, 0.2) is 0 Å². The van der Waals surface area contributed by atoms with Gasteiger partial charge in [-0.15, -0.1) is 0 Å². The zero-order valence-electron chi connectivity index (χ0n) is 9.83. The van der Waals surface area contributed by atoms with E-state index in [9.17, 15) is 5.11 Å². The van der Waals surface area contributed by atoms with Crippen molar-refractivity contribution in [3.05, 3.63) is 18.0 Å². The highest BCUT2D eigenvalue weighted by molar-refractivity contribution is 5.05. The number of ether oxygens (including phenoxy) is 1. The van der Waals surface area contributed by atoms with Gasteiger partial charge in [-0.2, -0.15) is 5.10 Å². The van der Waals surface area contributed by atoms with Gasteiger partial charge in [-0.3, -0.25) is 9.58 Å². The summed E-state index contributed by atoms with van der Waals surface area (Å²) in [6.45, 7) is 5.52. The number of aryl methyl sites for hydroxylation is 1. The average molecular weight is 225 g/mol. The van der Waals surface area contributed by atoms with Crippen LogP contribution in [-0.4, -0.2) is 52.1 Å². The van der Waals surface area contributed by atoms with Gasteiger partial charge in [0.2, 0.25) is 0 Å². The summed E-state index contributed by atoms with van der Waals surface area (Å²) in [7, 11) is 1.84. The fourth-order valence-electron chi connectivity index (χ4n) is 1.99. The maximum Gasteiger partial charge on any atom is 0.125 e. The van der Waals surface area contributed by atoms with Crippen LogP contribution in [-0.2, 0) is 11.8 Å². The molecule has 0 aliphatic carbocycles. The molecule has 16 heavy (non-hydrogen) atoms. The minimum Gasteiger partial charge on any atom is -0.384 e. The van der Waals surface area contributed by atoms with Crippen LogP contribution in [0.15, 0.2) is 12.3 Å². The lowest BCUT2D eigenvalue weighted by Gasteiger charge is -2.33. The van der Waals surface area contributed by atoms with Crippen LogP contribution in [0.4, 0.5) is 0 Å². The Kier molecular flexibility index (Phi) is 3.58. The summed E-state index contributed by atoms with van der Waals surface area (Å²) < 4.78 is 7.29. The average Bonchev–Trinajstić information content (AvgIpc) is 2.75. The standard InChI is InChI=1S/C11H19N3O2/c1-3-14-6-7-16-10(8-14)11(15)9-4-5-13(2)12-9/h4-5,10-11,15H,3,6-8H2,1-2H3. The van der Waals surface area contributed by atoms with Crippen LogP contribution in [0.1, 0.15) is 18.7 Å². The predicted molar refractivity (Wildman–Crippen MR) is 60.0 cm³/mol. The van der Waals surface area contributed by atoms with Gasteiger partial charge in [-0.05, 0) is 12.6 Å². The Morgan fingerprint density at radius 1 is 1.69 bits per heavy atom. The van der Waals surface area contributed by atoms with Crippen LogP contribution in [0.5, 0.6) is 0 Å². The van der Waals surface area contributed by atoms with Crippen LogP contribution in [0.2, 0.25) is 0 Å². The van der Waals surface area contributed by atoms with E-state index in [1.54, 1.807) is 4.68 Å². The minimum atomic E-state index is -0.629. The number of hydrogen-bond acceptors (Lipinski definition) is 4. The quantitative estimate of drug-likeness (QED) is 0.797. The Labute approximate surface area is 95.6 Å². The normalized spacial score (nSPS) is 24.6. The number of aliphatic hydroxyl groups is 1. The maximum atomic E-state index is 10.1. The molecule has 1 aliphatic heterocycles. The molecule has 2 unspecified atom stereocenters. The van der Waals surface area contributed by atoms with Gasteiger partial charge >= 0.3 is 0 Å². The molecule has 0 aromatic carbocycles. The third-order valence-corrected chi connectivity index (χ3v) is 3.01. The lowest BCUT2D eigenvalue weighted by molar-refractivity contribution is -0.0901. The van der Waals surface area contributed by atoms with Crippen molar-refractivity contribution in [2.45, 2.75) is 19.1 Å². The van der Waals surface area contributed by atoms with Crippen molar-refractivity contribution in [3.8, 4) is 0 Å². The molecule has 1 aromatic heterocycles. The fourth-order valence-corrected chi connectivity index (χ4v) is 1.99. The van der Waals surface area contributed by atoms with Crippen molar-refractivity contribution >= 4 is 0 Å². The van der Waals surface area contributed by atoms with Crippen molar-refractivity contribution in [2.75, 3.05) is 26.2 Å². The highest BCUT2D eigenvalue weighted by atomic mass is 16.5. The van der Waals surface area contributed by atoms with Crippen LogP contribution < -0.4 is 0 Å². The first-order valence-electron chi connectivity index (χ1n) is 5.72. The molecule has 2 atom stereocenters. The first-order valence-corrected chi connectivity index (χ1v) is 5.72. The SMILES string of the molecule is CCN1CCOC(C(O)c2ccn(C)n2)C1. The summed E-state index contributed by atoms with van der Waals surface area (Å²) in [5.74, 6) is 0. The second-order valence-electron chi connectivity index (χ2n) is 4.16. The predicted octanol–water partition coefficient (Wildman–Crippen LogP) is 0.174. The molecular formula is C11H19N3O2. The van der Waals surface area contributed by atoms with Gasteiger partial charge in [0, 0.05) is 26.3 Å². The monoisotopic (exact) mass is 225 g/mol. The van der Waals surface area contributed by atoms with E-state index in [0.717, 1.165) is 19.6 Å². The Morgan fingerprint density at radius 2 is 2.50 bits per heavy atom. The molecule has 2 rings (SSSR count). The molecule has 5 nitrogen and oxygen atoms in total. The number of likely N-dealkylation sites (N-methyl/N-ethyl adjacent to an activating group) is 1. The second-order valence-corrected chi connectivity index (χ2v) is 4.16. The molecule has 1 saturated heterocycles. The molecule has 1 aliphatic rings. The van der Waals surface area contributed by atoms with E-state index in [2.05, 4.69) is 16.9 Å². The van der Waals surface area contributed by atoms with Crippen molar-refractivity contribution < 1.29 is 9.84 Å². The largest absolute Gasteiger partial charge is 0.384 e. The summed E-state index contributed by atoms with van der Waals surface area (Å²) in [4.78, 5) is 2.28. The van der Waals surface area contributed by atoms with Crippen molar-refractivity contribution in [1.82, 2.24) is 14.7 Å². The summed E-state index contributed by atoms with van der Waals surface area (Å²) in [6.07, 6.45) is 1.04. The summed E-state index contributed by atoms with van der Waals surface area (Å²) in [5.41, 5.74) is 0.686. The Bertz CT molecular complexity index is 340. The molecule has 0 bridgehead atoms. The van der Waals surface area contributed by atoms with Crippen molar-refractivity contribution in [1.29, 1.82) is 0 Å². The zero-order valence-corrected chi connectivity index (χ0v) is 9.83. The molecule has 5 heteroatoms. The van der Waals surface area contributed by atoms with E-state index in [1.165, 1.54) is 0 Å². The van der Waals surface area contributed by atoms with Gasteiger partial charge in [0.05, 0.1) is 12.3 Å². The molecule has 0 spiro atoms. The third kappa shape index (κ3) is 2.42. The molecule has 1 N–H and O–H groups in total. The number of hydrogen-bond donors (Lipinski definition) is 1. The first kappa shape index (κ1) is 11.6. The molecule has 0 amide bonds. The van der Waals surface area contributed by atoms with Gasteiger partial charge < -0.3 is 9.84 Å². The minimum absolute atomic E-state index is 0.163. The molecule has 1 aromatic rings. The number of aromatic nitrogens is 2. The van der Waals surface area contributed by atoms with E-state index in [-0.39, 0.29) is 6.10 Å². The van der Waals surface area contributed by atoms with Crippen LogP contribution in [0.3, 0.4) is 0 Å². The van der Waals surface area contributed by atoms with Crippen LogP contribution >= 0.6 is 0 Å². The number of aliphatic hydroxyl groups excluding tert-OH is 1. The van der Waals surface area contributed by atoms with Gasteiger partial charge in [0.25, 0.3) is 0 Å². The molecule has 2 heterocycles. The Hall–Kier alpha value is -0.910. The van der Waals surface area contributed by atoms with Gasteiger partial charge in [-0.1, -0.05) is 6.92 Å². The molecule has 0 saturated carbocycles. The van der Waals surface area contributed by atoms with E-state index in [1.807, 2.05) is 19.3 Å². The maximum absolute atomic E-state index is 10.1. The highest BCUT2D eigenvalue weighted by Crippen LogP contribution is 2.20. The fraction of sp³-hybridized carbons (Fsp3) is 0.727. The number of nitrogens with zero attached hydrogens (tertiary/aromatic N) is 3. The van der Waals surface area contributed by atoms with Gasteiger partial charge in [0.1, 0.15) is 12.2 Å². The van der Waals surface area contributed by atoms with E-state index < -0.39 is 6.10 Å². The molecular weight excluding hydrogens is 206 g/mol. The molecule has 0 radical (unpaired) electrons. The van der Waals surface area contributed by atoms with Crippen LogP contribution in [0, 0.1) is 0 Å². The Morgan fingerprint density at radius 3 is 3.12 bits per heavy atom. The van der Waals surface area contributed by atoms with E-state index in [0.29, 0.717) is 12.3 Å². The molecule has 90 valence electrons. The number of morpholine rings is 1. The first-order chi connectivity index (χ1) is 7.70. The van der Waals surface area contributed by atoms with E-state index in [4.69, 9.17) is 4.74 Å². The smallest absolute Gasteiger partial charge is 0.125 e. The summed E-state index contributed by atoms with van der Waals surface area (Å²) >= 11 is 0. The lowest BCUT2D eigenvalue weighted by atomic mass is 10.1. The number of rotatable bonds is 3. The third-order valence-electron chi connectivity index (χ3n) is 3.01.